The maximum Gasteiger partial charge on any atom is 0.129 e. The van der Waals surface area contributed by atoms with Crippen LogP contribution in [0.25, 0.3) is 0 Å². The Morgan fingerprint density at radius 1 is 1.54 bits per heavy atom. The molecule has 0 amide bonds. The smallest absolute Gasteiger partial charge is 0.129 e. The number of aromatic hydroxyl groups is 1. The van der Waals surface area contributed by atoms with Gasteiger partial charge in [0.2, 0.25) is 0 Å². The van der Waals surface area contributed by atoms with Crippen molar-refractivity contribution in [2.75, 3.05) is 12.8 Å². The fourth-order valence-corrected chi connectivity index (χ4v) is 1.57. The van der Waals surface area contributed by atoms with Crippen LogP contribution in [-0.4, -0.2) is 23.0 Å². The minimum atomic E-state index is -0.647. The number of hydrogen-bond donors (Lipinski definition) is 3. The topological polar surface area (TPSA) is 66.5 Å². The molecule has 0 heterocycles. The maximum absolute atomic E-state index is 9.42. The Bertz CT molecular complexity index is 291. The van der Waals surface area contributed by atoms with Gasteiger partial charge in [0, 0.05) is 11.4 Å². The Kier molecular flexibility index (Phi) is 3.59. The van der Waals surface area contributed by atoms with Crippen molar-refractivity contribution in [3.63, 3.8) is 0 Å². The molecule has 0 unspecified atom stereocenters. The lowest BCUT2D eigenvalue weighted by Gasteiger charge is -2.09. The summed E-state index contributed by atoms with van der Waals surface area (Å²) in [5.41, 5.74) is 6.05. The zero-order valence-electron chi connectivity index (χ0n) is 7.40. The molecular weight excluding hydrogens is 186 g/mol. The maximum atomic E-state index is 9.42. The van der Waals surface area contributed by atoms with Gasteiger partial charge in [-0.15, -0.1) is 11.8 Å². The molecule has 0 spiro atoms. The second-order valence-electron chi connectivity index (χ2n) is 2.68. The van der Waals surface area contributed by atoms with Crippen LogP contribution in [0.15, 0.2) is 23.1 Å². The van der Waals surface area contributed by atoms with Gasteiger partial charge in [-0.25, -0.2) is 0 Å². The van der Waals surface area contributed by atoms with Crippen molar-refractivity contribution >= 4 is 11.8 Å². The molecule has 0 bridgehead atoms. The molecule has 0 aromatic heterocycles. The molecule has 1 atom stereocenters. The molecule has 1 aromatic rings. The lowest BCUT2D eigenvalue weighted by Crippen LogP contribution is -2.11. The van der Waals surface area contributed by atoms with Crippen molar-refractivity contribution in [2.45, 2.75) is 11.0 Å². The number of phenols is 1. The molecule has 0 aliphatic heterocycles. The number of aliphatic hydroxyl groups excluding tert-OH is 1. The Hall–Kier alpha value is -0.710. The fraction of sp³-hybridized carbons (Fsp3) is 0.333. The van der Waals surface area contributed by atoms with Crippen molar-refractivity contribution in [2.24, 2.45) is 5.73 Å². The SMILES string of the molecule is CSc1cc([C@@H](O)CN)ccc1O. The quantitative estimate of drug-likeness (QED) is 0.638. The molecule has 0 aliphatic rings. The van der Waals surface area contributed by atoms with E-state index in [2.05, 4.69) is 0 Å². The van der Waals surface area contributed by atoms with E-state index in [1.807, 2.05) is 6.26 Å². The zero-order chi connectivity index (χ0) is 9.84. The first-order chi connectivity index (χ1) is 6.19. The molecular formula is C9H13NO2S. The van der Waals surface area contributed by atoms with Gasteiger partial charge in [0.1, 0.15) is 5.75 Å². The lowest BCUT2D eigenvalue weighted by molar-refractivity contribution is 0.186. The highest BCUT2D eigenvalue weighted by Gasteiger charge is 2.07. The molecule has 72 valence electrons. The van der Waals surface area contributed by atoms with Gasteiger partial charge in [0.05, 0.1) is 6.10 Å². The normalized spacial score (nSPS) is 12.8. The summed E-state index contributed by atoms with van der Waals surface area (Å²) in [6, 6.07) is 4.99. The summed E-state index contributed by atoms with van der Waals surface area (Å²) < 4.78 is 0. The number of thioether (sulfide) groups is 1. The molecule has 0 saturated heterocycles. The first-order valence-corrected chi connectivity index (χ1v) is 5.16. The molecule has 0 saturated carbocycles. The van der Waals surface area contributed by atoms with E-state index in [4.69, 9.17) is 5.73 Å². The number of benzene rings is 1. The van der Waals surface area contributed by atoms with E-state index in [1.54, 1.807) is 18.2 Å². The van der Waals surface area contributed by atoms with Crippen molar-refractivity contribution in [3.8, 4) is 5.75 Å². The molecule has 1 aromatic carbocycles. The van der Waals surface area contributed by atoms with E-state index in [0.717, 1.165) is 10.5 Å². The largest absolute Gasteiger partial charge is 0.507 e. The molecule has 13 heavy (non-hydrogen) atoms. The summed E-state index contributed by atoms with van der Waals surface area (Å²) >= 11 is 1.44. The zero-order valence-corrected chi connectivity index (χ0v) is 8.21. The van der Waals surface area contributed by atoms with Gasteiger partial charge >= 0.3 is 0 Å². The number of nitrogens with two attached hydrogens (primary N) is 1. The summed E-state index contributed by atoms with van der Waals surface area (Å²) in [7, 11) is 0. The predicted molar refractivity (Wildman–Crippen MR) is 53.9 cm³/mol. The molecule has 4 heteroatoms. The van der Waals surface area contributed by atoms with Crippen LogP contribution in [0, 0.1) is 0 Å². The van der Waals surface area contributed by atoms with E-state index in [-0.39, 0.29) is 12.3 Å². The van der Waals surface area contributed by atoms with Crippen LogP contribution >= 0.6 is 11.8 Å². The van der Waals surface area contributed by atoms with Gasteiger partial charge in [0.15, 0.2) is 0 Å². The Morgan fingerprint density at radius 3 is 2.77 bits per heavy atom. The van der Waals surface area contributed by atoms with Gasteiger partial charge in [-0.1, -0.05) is 6.07 Å². The minimum absolute atomic E-state index is 0.193. The molecule has 1 rings (SSSR count). The van der Waals surface area contributed by atoms with Gasteiger partial charge in [0.25, 0.3) is 0 Å². The third-order valence-corrected chi connectivity index (χ3v) is 2.58. The average Bonchev–Trinajstić information content (AvgIpc) is 2.17. The second kappa shape index (κ2) is 4.50. The highest BCUT2D eigenvalue weighted by molar-refractivity contribution is 7.98. The summed E-state index contributed by atoms with van der Waals surface area (Å²) in [5.74, 6) is 0.237. The van der Waals surface area contributed by atoms with Crippen LogP contribution in [0.1, 0.15) is 11.7 Å². The van der Waals surface area contributed by atoms with Crippen LogP contribution in [0.3, 0.4) is 0 Å². The van der Waals surface area contributed by atoms with Gasteiger partial charge in [-0.05, 0) is 24.0 Å². The fourth-order valence-electron chi connectivity index (χ4n) is 1.04. The van der Waals surface area contributed by atoms with Crippen molar-refractivity contribution in [3.05, 3.63) is 23.8 Å². The van der Waals surface area contributed by atoms with Crippen molar-refractivity contribution in [1.82, 2.24) is 0 Å². The molecule has 3 nitrogen and oxygen atoms in total. The van der Waals surface area contributed by atoms with E-state index in [0.29, 0.717) is 0 Å². The predicted octanol–water partition coefficient (Wildman–Crippen LogP) is 1.11. The summed E-state index contributed by atoms with van der Waals surface area (Å²) in [6.07, 6.45) is 1.22. The Morgan fingerprint density at radius 2 is 2.23 bits per heavy atom. The first-order valence-electron chi connectivity index (χ1n) is 3.94. The lowest BCUT2D eigenvalue weighted by atomic mass is 10.1. The van der Waals surface area contributed by atoms with Crippen LogP contribution in [0.4, 0.5) is 0 Å². The highest BCUT2D eigenvalue weighted by Crippen LogP contribution is 2.29. The number of aliphatic hydroxyl groups is 1. The van der Waals surface area contributed by atoms with E-state index < -0.39 is 6.10 Å². The second-order valence-corrected chi connectivity index (χ2v) is 3.53. The van der Waals surface area contributed by atoms with E-state index >= 15 is 0 Å². The average molecular weight is 199 g/mol. The van der Waals surface area contributed by atoms with Crippen LogP contribution in [-0.2, 0) is 0 Å². The van der Waals surface area contributed by atoms with Crippen molar-refractivity contribution in [1.29, 1.82) is 0 Å². The van der Waals surface area contributed by atoms with E-state index in [9.17, 15) is 10.2 Å². The Labute approximate surface area is 81.6 Å². The first kappa shape index (κ1) is 10.4. The van der Waals surface area contributed by atoms with E-state index in [1.165, 1.54) is 11.8 Å². The van der Waals surface area contributed by atoms with Gasteiger partial charge in [-0.3, -0.25) is 0 Å². The van der Waals surface area contributed by atoms with Crippen LogP contribution < -0.4 is 5.73 Å². The third-order valence-electron chi connectivity index (χ3n) is 1.81. The third kappa shape index (κ3) is 2.37. The summed E-state index contributed by atoms with van der Waals surface area (Å²) in [4.78, 5) is 0.755. The number of rotatable bonds is 3. The Balaban J connectivity index is 2.99. The highest BCUT2D eigenvalue weighted by atomic mass is 32.2. The molecule has 4 N–H and O–H groups in total. The van der Waals surface area contributed by atoms with Gasteiger partial charge in [-0.2, -0.15) is 0 Å². The number of hydrogen-bond acceptors (Lipinski definition) is 4. The number of phenolic OH excluding ortho intramolecular Hbond substituents is 1. The standard InChI is InChI=1S/C9H13NO2S/c1-13-9-4-6(8(12)5-10)2-3-7(9)11/h2-4,8,11-12H,5,10H2,1H3/t8-/m0/s1. The summed E-state index contributed by atoms with van der Waals surface area (Å²) in [5, 5.41) is 18.8. The minimum Gasteiger partial charge on any atom is -0.507 e. The van der Waals surface area contributed by atoms with Gasteiger partial charge < -0.3 is 15.9 Å². The molecule has 0 fully saturated rings. The molecule has 0 aliphatic carbocycles. The van der Waals surface area contributed by atoms with Crippen molar-refractivity contribution < 1.29 is 10.2 Å². The van der Waals surface area contributed by atoms with Crippen LogP contribution in [0.5, 0.6) is 5.75 Å². The monoisotopic (exact) mass is 199 g/mol. The molecule has 0 radical (unpaired) electrons. The van der Waals surface area contributed by atoms with Crippen LogP contribution in [0.2, 0.25) is 0 Å². The summed E-state index contributed by atoms with van der Waals surface area (Å²) in [6.45, 7) is 0.193.